The molecule has 0 atom stereocenters. The SMILES string of the molecule is BrOBr.[As]. The minimum atomic E-state index is 0. The van der Waals surface area contributed by atoms with Gasteiger partial charge in [0.1, 0.15) is 32.5 Å². The fraction of sp³-hybridized carbons (Fsp3) is 0. The smallest absolute Gasteiger partial charge is 0.115 e. The predicted octanol–water partition coefficient (Wildman–Crippen LogP) is 1.24. The summed E-state index contributed by atoms with van der Waals surface area (Å²) < 4.78 is 3.88. The summed E-state index contributed by atoms with van der Waals surface area (Å²) in [6, 6.07) is 0. The number of halogens is 2. The normalized spacial score (nSPS) is 4.50. The van der Waals surface area contributed by atoms with E-state index >= 15 is 0 Å². The molecule has 0 aliphatic heterocycles. The number of rotatable bonds is 0. The van der Waals surface area contributed by atoms with Gasteiger partial charge in [-0.2, -0.15) is 0 Å². The van der Waals surface area contributed by atoms with Gasteiger partial charge in [-0.25, -0.2) is 2.92 Å². The standard InChI is InChI=1S/As.Br2O/c;1-3-2. The molecular formula is AsBr2O. The van der Waals surface area contributed by atoms with E-state index in [1.165, 1.54) is 0 Å². The molecule has 0 aromatic heterocycles. The summed E-state index contributed by atoms with van der Waals surface area (Å²) in [5.74, 6) is 0. The largest absolute Gasteiger partial charge is 0.230 e. The second-order valence-electron chi connectivity index (χ2n) is 0.0583. The van der Waals surface area contributed by atoms with E-state index in [1.807, 2.05) is 0 Å². The quantitative estimate of drug-likeness (QED) is 0.588. The van der Waals surface area contributed by atoms with Gasteiger partial charge in [0, 0.05) is 18.0 Å². The van der Waals surface area contributed by atoms with Crippen LogP contribution in [0.2, 0.25) is 0 Å². The van der Waals surface area contributed by atoms with Crippen molar-refractivity contribution in [3.63, 3.8) is 0 Å². The van der Waals surface area contributed by atoms with Crippen molar-refractivity contribution in [2.75, 3.05) is 0 Å². The Labute approximate surface area is 53.3 Å². The number of hydrogen-bond acceptors (Lipinski definition) is 1. The Morgan fingerprint density at radius 2 is 1.25 bits per heavy atom. The first-order chi connectivity index (χ1) is 1.41. The van der Waals surface area contributed by atoms with Crippen LogP contribution in [0.5, 0.6) is 0 Å². The molecule has 0 aromatic rings. The van der Waals surface area contributed by atoms with Crippen LogP contribution in [0.25, 0.3) is 0 Å². The molecule has 0 fully saturated rings. The van der Waals surface area contributed by atoms with Crippen molar-refractivity contribution in [3.05, 3.63) is 0 Å². The van der Waals surface area contributed by atoms with Gasteiger partial charge in [-0.15, -0.1) is 0 Å². The minimum absolute atomic E-state index is 0. The van der Waals surface area contributed by atoms with Gasteiger partial charge < -0.3 is 0 Å². The molecule has 0 bridgehead atoms. The molecule has 25 valence electrons. The summed E-state index contributed by atoms with van der Waals surface area (Å²) in [6.07, 6.45) is 0. The van der Waals surface area contributed by atoms with Gasteiger partial charge in [0.2, 0.25) is 0 Å². The van der Waals surface area contributed by atoms with Gasteiger partial charge in [-0.05, 0) is 0 Å². The third-order valence-corrected chi connectivity index (χ3v) is 0. The molecule has 0 saturated carbocycles. The van der Waals surface area contributed by atoms with Gasteiger partial charge in [-0.3, -0.25) is 0 Å². The summed E-state index contributed by atoms with van der Waals surface area (Å²) in [5, 5.41) is 0. The molecule has 0 unspecified atom stereocenters. The fourth-order valence-corrected chi connectivity index (χ4v) is 0. The van der Waals surface area contributed by atoms with Crippen molar-refractivity contribution >= 4 is 50.5 Å². The van der Waals surface area contributed by atoms with Crippen LogP contribution in [0, 0.1) is 0 Å². The van der Waals surface area contributed by atoms with Crippen molar-refractivity contribution in [3.8, 4) is 0 Å². The van der Waals surface area contributed by atoms with Gasteiger partial charge in [0.25, 0.3) is 0 Å². The summed E-state index contributed by atoms with van der Waals surface area (Å²) in [5.41, 5.74) is 0. The van der Waals surface area contributed by atoms with Crippen LogP contribution < -0.4 is 0 Å². The van der Waals surface area contributed by atoms with E-state index in [1.54, 1.807) is 0 Å². The first kappa shape index (κ1) is 9.08. The van der Waals surface area contributed by atoms with Crippen molar-refractivity contribution in [2.24, 2.45) is 0 Å². The molecule has 0 N–H and O–H groups in total. The molecule has 4 heteroatoms. The Kier molecular flexibility index (Phi) is 20.0. The molecule has 4 heavy (non-hydrogen) atoms. The summed E-state index contributed by atoms with van der Waals surface area (Å²) in [6.45, 7) is 0. The molecule has 0 aliphatic carbocycles. The maximum absolute atomic E-state index is 3.88. The van der Waals surface area contributed by atoms with Gasteiger partial charge in [0.05, 0.1) is 0 Å². The summed E-state index contributed by atoms with van der Waals surface area (Å²) in [7, 11) is 0. The van der Waals surface area contributed by atoms with E-state index in [2.05, 4.69) is 35.4 Å². The van der Waals surface area contributed by atoms with Crippen LogP contribution in [-0.4, -0.2) is 18.0 Å². The van der Waals surface area contributed by atoms with Crippen molar-refractivity contribution in [2.45, 2.75) is 0 Å². The third kappa shape index (κ3) is 9.78. The molecule has 1 nitrogen and oxygen atoms in total. The predicted molar refractivity (Wildman–Crippen MR) is 24.7 cm³/mol. The molecule has 0 amide bonds. The molecule has 0 aliphatic rings. The third-order valence-electron chi connectivity index (χ3n) is 0. The van der Waals surface area contributed by atoms with E-state index in [0.717, 1.165) is 0 Å². The molecule has 0 rings (SSSR count). The van der Waals surface area contributed by atoms with E-state index in [9.17, 15) is 0 Å². The second kappa shape index (κ2) is 8.82. The van der Waals surface area contributed by atoms with Crippen LogP contribution in [0.15, 0.2) is 0 Å². The van der Waals surface area contributed by atoms with Crippen molar-refractivity contribution in [1.82, 2.24) is 0 Å². The van der Waals surface area contributed by atoms with Crippen LogP contribution in [0.4, 0.5) is 0 Å². The summed E-state index contributed by atoms with van der Waals surface area (Å²) in [4.78, 5) is 0. The Hall–Kier alpha value is 1.48. The average Bonchev–Trinajstić information content (AvgIpc) is 0.918. The second-order valence-corrected chi connectivity index (χ2v) is 1.57. The van der Waals surface area contributed by atoms with E-state index < -0.39 is 0 Å². The molecule has 0 saturated heterocycles. The molecule has 0 spiro atoms. The zero-order chi connectivity index (χ0) is 2.71. The van der Waals surface area contributed by atoms with Gasteiger partial charge >= 0.3 is 0 Å². The molecule has 0 heterocycles. The van der Waals surface area contributed by atoms with Crippen molar-refractivity contribution < 1.29 is 2.92 Å². The Morgan fingerprint density at radius 3 is 1.25 bits per heavy atom. The van der Waals surface area contributed by atoms with Crippen molar-refractivity contribution in [1.29, 1.82) is 0 Å². The van der Waals surface area contributed by atoms with Gasteiger partial charge in [-0.1, -0.05) is 0 Å². The molecule has 0 aromatic carbocycles. The number of hydrogen-bond donors (Lipinski definition) is 0. The maximum atomic E-state index is 3.88. The fourth-order valence-electron chi connectivity index (χ4n) is 0. The van der Waals surface area contributed by atoms with Gasteiger partial charge in [0.15, 0.2) is 0 Å². The Balaban J connectivity index is 0. The summed E-state index contributed by atoms with van der Waals surface area (Å²) >= 11 is 5.12. The maximum Gasteiger partial charge on any atom is 0.115 e. The molecular weight excluding hydrogens is 251 g/mol. The zero-order valence-electron chi connectivity index (χ0n) is 1.61. The first-order valence-electron chi connectivity index (χ1n) is 0.309. The first-order valence-corrected chi connectivity index (χ1v) is 1.60. The monoisotopic (exact) mass is 249 g/mol. The van der Waals surface area contributed by atoms with E-state index in [4.69, 9.17) is 0 Å². The van der Waals surface area contributed by atoms with Crippen LogP contribution in [-0.2, 0) is 2.92 Å². The molecule has 3 radical (unpaired) electrons. The Bertz CT molecular complexity index is 6.00. The topological polar surface area (TPSA) is 9.23 Å². The zero-order valence-corrected chi connectivity index (χ0v) is 6.66. The average molecular weight is 251 g/mol. The minimum Gasteiger partial charge on any atom is -0.230 e. The Morgan fingerprint density at radius 1 is 1.25 bits per heavy atom. The van der Waals surface area contributed by atoms with Crippen LogP contribution in [0.3, 0.4) is 0 Å². The van der Waals surface area contributed by atoms with E-state index in [-0.39, 0.29) is 18.0 Å². The van der Waals surface area contributed by atoms with Crippen LogP contribution >= 0.6 is 32.5 Å². The van der Waals surface area contributed by atoms with E-state index in [0.29, 0.717) is 0 Å². The van der Waals surface area contributed by atoms with Crippen LogP contribution in [0.1, 0.15) is 0 Å².